The zero-order valence-electron chi connectivity index (χ0n) is 10.5. The van der Waals surface area contributed by atoms with Gasteiger partial charge in [0.05, 0.1) is 0 Å². The first-order valence-corrected chi connectivity index (χ1v) is 7.61. The van der Waals surface area contributed by atoms with Crippen LogP contribution in [0, 0.1) is 0 Å². The lowest BCUT2D eigenvalue weighted by atomic mass is 10.1. The topological polar surface area (TPSA) is 32.3 Å². The molecule has 0 spiro atoms. The Kier molecular flexibility index (Phi) is 5.02. The van der Waals surface area contributed by atoms with E-state index in [1.807, 2.05) is 24.3 Å². The van der Waals surface area contributed by atoms with Crippen LogP contribution in [0.15, 0.2) is 51.4 Å². The van der Waals surface area contributed by atoms with Crippen LogP contribution in [0.5, 0.6) is 5.75 Å². The molecule has 0 aliphatic rings. The number of hydrogen-bond acceptors (Lipinski definition) is 2. The molecule has 0 aliphatic carbocycles. The monoisotopic (exact) mass is 383 g/mol. The average Bonchev–Trinajstić information content (AvgIpc) is 2.37. The van der Waals surface area contributed by atoms with Gasteiger partial charge >= 0.3 is 0 Å². The predicted octanol–water partition coefficient (Wildman–Crippen LogP) is 4.77. The van der Waals surface area contributed by atoms with Gasteiger partial charge in [0.25, 0.3) is 0 Å². The maximum atomic E-state index is 9.24. The Hall–Kier alpha value is -0.840. The number of phenols is 1. The SMILES string of the molecule is CC(NCc1ccc(O)cc1)c1ccc(Br)cc1Br. The van der Waals surface area contributed by atoms with Gasteiger partial charge in [-0.05, 0) is 42.3 Å². The third-order valence-corrected chi connectivity index (χ3v) is 4.16. The molecule has 2 aromatic carbocycles. The van der Waals surface area contributed by atoms with Gasteiger partial charge in [-0.15, -0.1) is 0 Å². The largest absolute Gasteiger partial charge is 0.508 e. The summed E-state index contributed by atoms with van der Waals surface area (Å²) in [6, 6.07) is 13.7. The van der Waals surface area contributed by atoms with E-state index in [9.17, 15) is 5.11 Å². The Morgan fingerprint density at radius 2 is 1.79 bits per heavy atom. The number of aromatic hydroxyl groups is 1. The summed E-state index contributed by atoms with van der Waals surface area (Å²) < 4.78 is 2.15. The molecule has 0 saturated carbocycles. The second kappa shape index (κ2) is 6.55. The van der Waals surface area contributed by atoms with E-state index >= 15 is 0 Å². The van der Waals surface area contributed by atoms with Crippen molar-refractivity contribution in [2.75, 3.05) is 0 Å². The van der Waals surface area contributed by atoms with Crippen molar-refractivity contribution in [2.45, 2.75) is 19.5 Å². The van der Waals surface area contributed by atoms with Crippen LogP contribution < -0.4 is 5.32 Å². The normalized spacial score (nSPS) is 12.4. The molecule has 0 heterocycles. The van der Waals surface area contributed by atoms with E-state index in [1.54, 1.807) is 12.1 Å². The van der Waals surface area contributed by atoms with Crippen LogP contribution in [0.2, 0.25) is 0 Å². The Labute approximate surface area is 130 Å². The molecule has 2 nitrogen and oxygen atoms in total. The summed E-state index contributed by atoms with van der Waals surface area (Å²) in [6.07, 6.45) is 0. The molecule has 0 aromatic heterocycles. The van der Waals surface area contributed by atoms with Crippen molar-refractivity contribution in [1.29, 1.82) is 0 Å². The van der Waals surface area contributed by atoms with Crippen molar-refractivity contribution >= 4 is 31.9 Å². The third-order valence-electron chi connectivity index (χ3n) is 2.98. The summed E-state index contributed by atoms with van der Waals surface area (Å²) in [6.45, 7) is 2.90. The summed E-state index contributed by atoms with van der Waals surface area (Å²) in [5, 5.41) is 12.7. The second-order valence-corrected chi connectivity index (χ2v) is 6.20. The molecule has 0 fully saturated rings. The van der Waals surface area contributed by atoms with Crippen LogP contribution in [0.25, 0.3) is 0 Å². The van der Waals surface area contributed by atoms with Crippen LogP contribution >= 0.6 is 31.9 Å². The highest BCUT2D eigenvalue weighted by Crippen LogP contribution is 2.27. The minimum Gasteiger partial charge on any atom is -0.508 e. The van der Waals surface area contributed by atoms with Gasteiger partial charge in [0.15, 0.2) is 0 Å². The van der Waals surface area contributed by atoms with Crippen LogP contribution in [-0.4, -0.2) is 5.11 Å². The molecule has 0 aliphatic heterocycles. The molecule has 100 valence electrons. The Morgan fingerprint density at radius 1 is 1.11 bits per heavy atom. The molecule has 1 unspecified atom stereocenters. The van der Waals surface area contributed by atoms with Gasteiger partial charge in [-0.2, -0.15) is 0 Å². The van der Waals surface area contributed by atoms with E-state index in [0.717, 1.165) is 21.1 Å². The van der Waals surface area contributed by atoms with Crippen LogP contribution in [0.1, 0.15) is 24.1 Å². The number of phenolic OH excluding ortho intramolecular Hbond substituents is 1. The standard InChI is InChI=1S/C15H15Br2NO/c1-10(14-7-4-12(16)8-15(14)17)18-9-11-2-5-13(19)6-3-11/h2-8,10,18-19H,9H2,1H3. The fourth-order valence-electron chi connectivity index (χ4n) is 1.85. The lowest BCUT2D eigenvalue weighted by molar-refractivity contribution is 0.474. The zero-order chi connectivity index (χ0) is 13.8. The molecule has 19 heavy (non-hydrogen) atoms. The van der Waals surface area contributed by atoms with E-state index < -0.39 is 0 Å². The van der Waals surface area contributed by atoms with E-state index in [0.29, 0.717) is 5.75 Å². The molecule has 2 aromatic rings. The maximum absolute atomic E-state index is 9.24. The molecular weight excluding hydrogens is 370 g/mol. The van der Waals surface area contributed by atoms with E-state index in [-0.39, 0.29) is 6.04 Å². The molecule has 2 N–H and O–H groups in total. The van der Waals surface area contributed by atoms with Crippen molar-refractivity contribution in [3.63, 3.8) is 0 Å². The average molecular weight is 385 g/mol. The highest BCUT2D eigenvalue weighted by molar-refractivity contribution is 9.11. The van der Waals surface area contributed by atoms with Crippen molar-refractivity contribution in [3.8, 4) is 5.75 Å². The Balaban J connectivity index is 2.01. The highest BCUT2D eigenvalue weighted by Gasteiger charge is 2.09. The molecule has 0 amide bonds. The second-order valence-electron chi connectivity index (χ2n) is 4.43. The number of nitrogens with one attached hydrogen (secondary N) is 1. The lowest BCUT2D eigenvalue weighted by Crippen LogP contribution is -2.18. The van der Waals surface area contributed by atoms with Crippen molar-refractivity contribution in [3.05, 3.63) is 62.5 Å². The van der Waals surface area contributed by atoms with Crippen molar-refractivity contribution in [2.24, 2.45) is 0 Å². The molecule has 1 atom stereocenters. The fraction of sp³-hybridized carbons (Fsp3) is 0.200. The fourth-order valence-corrected chi connectivity index (χ4v) is 3.24. The van der Waals surface area contributed by atoms with Gasteiger partial charge in [0, 0.05) is 21.5 Å². The molecule has 0 saturated heterocycles. The lowest BCUT2D eigenvalue weighted by Gasteiger charge is -2.16. The van der Waals surface area contributed by atoms with Crippen LogP contribution in [-0.2, 0) is 6.54 Å². The number of halogens is 2. The highest BCUT2D eigenvalue weighted by atomic mass is 79.9. The summed E-state index contributed by atoms with van der Waals surface area (Å²) in [5.74, 6) is 0.299. The summed E-state index contributed by atoms with van der Waals surface area (Å²) >= 11 is 7.03. The van der Waals surface area contributed by atoms with Gasteiger partial charge in [-0.25, -0.2) is 0 Å². The third kappa shape index (κ3) is 4.06. The predicted molar refractivity (Wildman–Crippen MR) is 85.2 cm³/mol. The first kappa shape index (κ1) is 14.6. The van der Waals surface area contributed by atoms with Crippen LogP contribution in [0.4, 0.5) is 0 Å². The molecular formula is C15H15Br2NO. The quantitative estimate of drug-likeness (QED) is 0.795. The van der Waals surface area contributed by atoms with Crippen LogP contribution in [0.3, 0.4) is 0 Å². The molecule has 0 radical (unpaired) electrons. The van der Waals surface area contributed by atoms with Crippen molar-refractivity contribution < 1.29 is 5.11 Å². The van der Waals surface area contributed by atoms with Gasteiger partial charge in [-0.1, -0.05) is 50.1 Å². The minimum atomic E-state index is 0.247. The molecule has 0 bridgehead atoms. The van der Waals surface area contributed by atoms with E-state index in [1.165, 1.54) is 5.56 Å². The number of rotatable bonds is 4. The Morgan fingerprint density at radius 3 is 2.42 bits per heavy atom. The number of benzene rings is 2. The minimum absolute atomic E-state index is 0.247. The van der Waals surface area contributed by atoms with Gasteiger partial charge < -0.3 is 10.4 Å². The Bertz CT molecular complexity index is 555. The molecule has 4 heteroatoms. The van der Waals surface area contributed by atoms with E-state index in [4.69, 9.17) is 0 Å². The summed E-state index contributed by atoms with van der Waals surface area (Å²) in [7, 11) is 0. The maximum Gasteiger partial charge on any atom is 0.115 e. The van der Waals surface area contributed by atoms with Gasteiger partial charge in [0.1, 0.15) is 5.75 Å². The molecule has 2 rings (SSSR count). The smallest absolute Gasteiger partial charge is 0.115 e. The van der Waals surface area contributed by atoms with E-state index in [2.05, 4.69) is 50.2 Å². The summed E-state index contributed by atoms with van der Waals surface area (Å²) in [5.41, 5.74) is 2.37. The first-order valence-electron chi connectivity index (χ1n) is 6.02. The number of hydrogen-bond donors (Lipinski definition) is 2. The summed E-state index contributed by atoms with van der Waals surface area (Å²) in [4.78, 5) is 0. The first-order chi connectivity index (χ1) is 9.06. The zero-order valence-corrected chi connectivity index (χ0v) is 13.7. The van der Waals surface area contributed by atoms with Crippen molar-refractivity contribution in [1.82, 2.24) is 5.32 Å². The van der Waals surface area contributed by atoms with Gasteiger partial charge in [0.2, 0.25) is 0 Å². The van der Waals surface area contributed by atoms with Gasteiger partial charge in [-0.3, -0.25) is 0 Å².